The first-order chi connectivity index (χ1) is 8.22. The average molecular weight is 250 g/mol. The smallest absolute Gasteiger partial charge is 0.357 e. The Hall–Kier alpha value is -1.95. The van der Waals surface area contributed by atoms with Gasteiger partial charge in [0.15, 0.2) is 5.69 Å². The zero-order valence-corrected chi connectivity index (χ0v) is 9.90. The Morgan fingerprint density at radius 2 is 2.06 bits per heavy atom. The Morgan fingerprint density at radius 3 is 2.65 bits per heavy atom. The van der Waals surface area contributed by atoms with Gasteiger partial charge in [-0.05, 0) is 31.2 Å². The number of aromatic nitrogens is 2. The second-order valence-corrected chi connectivity index (χ2v) is 3.75. The molecule has 0 atom stereocenters. The summed E-state index contributed by atoms with van der Waals surface area (Å²) in [5.41, 5.74) is 1.10. The molecule has 1 N–H and O–H groups in total. The van der Waals surface area contributed by atoms with Crippen molar-refractivity contribution in [2.45, 2.75) is 6.92 Å². The maximum absolute atomic E-state index is 10.9. The molecule has 1 aromatic carbocycles. The topological polar surface area (TPSA) is 72.3 Å². The molecule has 6 heteroatoms. The van der Waals surface area contributed by atoms with E-state index in [0.717, 1.165) is 23.0 Å². The Balaban J connectivity index is 2.33. The molecular weight excluding hydrogens is 240 g/mol. The lowest BCUT2D eigenvalue weighted by molar-refractivity contribution is 0.0692. The zero-order valence-electron chi connectivity index (χ0n) is 9.08. The molecule has 0 aliphatic carbocycles. The van der Waals surface area contributed by atoms with Crippen molar-refractivity contribution in [3.8, 4) is 17.0 Å². The van der Waals surface area contributed by atoms with Crippen LogP contribution in [0.1, 0.15) is 17.4 Å². The van der Waals surface area contributed by atoms with E-state index in [1.165, 1.54) is 0 Å². The summed E-state index contributed by atoms with van der Waals surface area (Å²) in [6.45, 7) is 2.50. The highest BCUT2D eigenvalue weighted by Crippen LogP contribution is 2.24. The maximum Gasteiger partial charge on any atom is 0.357 e. The van der Waals surface area contributed by atoms with Crippen LogP contribution in [0.15, 0.2) is 24.3 Å². The molecular formula is C11H10N2O3S. The van der Waals surface area contributed by atoms with Crippen LogP contribution in [0.4, 0.5) is 0 Å². The molecule has 0 saturated carbocycles. The van der Waals surface area contributed by atoms with Crippen LogP contribution in [0, 0.1) is 0 Å². The van der Waals surface area contributed by atoms with Gasteiger partial charge in [-0.25, -0.2) is 4.79 Å². The number of carboxylic acid groups (broad SMARTS) is 1. The highest BCUT2D eigenvalue weighted by Gasteiger charge is 2.16. The van der Waals surface area contributed by atoms with Gasteiger partial charge in [-0.3, -0.25) is 0 Å². The van der Waals surface area contributed by atoms with Crippen molar-refractivity contribution < 1.29 is 14.6 Å². The van der Waals surface area contributed by atoms with Crippen molar-refractivity contribution >= 4 is 17.7 Å². The zero-order chi connectivity index (χ0) is 12.3. The summed E-state index contributed by atoms with van der Waals surface area (Å²) >= 11 is 0.892. The van der Waals surface area contributed by atoms with E-state index in [4.69, 9.17) is 9.84 Å². The van der Waals surface area contributed by atoms with Crippen molar-refractivity contribution in [1.82, 2.24) is 8.75 Å². The normalized spacial score (nSPS) is 10.2. The molecule has 0 fully saturated rings. The lowest BCUT2D eigenvalue weighted by atomic mass is 10.1. The van der Waals surface area contributed by atoms with E-state index in [-0.39, 0.29) is 5.69 Å². The van der Waals surface area contributed by atoms with Crippen LogP contribution >= 0.6 is 11.7 Å². The van der Waals surface area contributed by atoms with E-state index in [2.05, 4.69) is 8.75 Å². The van der Waals surface area contributed by atoms with Crippen molar-refractivity contribution in [1.29, 1.82) is 0 Å². The highest BCUT2D eigenvalue weighted by molar-refractivity contribution is 6.99. The number of aromatic carboxylic acids is 1. The van der Waals surface area contributed by atoms with Gasteiger partial charge in [0.05, 0.1) is 18.3 Å². The number of rotatable bonds is 4. The third-order valence-electron chi connectivity index (χ3n) is 2.13. The molecule has 5 nitrogen and oxygen atoms in total. The predicted octanol–water partition coefficient (Wildman–Crippen LogP) is 2.30. The first kappa shape index (κ1) is 11.5. The van der Waals surface area contributed by atoms with E-state index in [0.29, 0.717) is 12.3 Å². The summed E-state index contributed by atoms with van der Waals surface area (Å²) in [6, 6.07) is 7.11. The molecule has 1 heterocycles. The maximum atomic E-state index is 10.9. The Kier molecular flexibility index (Phi) is 3.34. The first-order valence-electron chi connectivity index (χ1n) is 5.01. The number of ether oxygens (including phenoxy) is 1. The van der Waals surface area contributed by atoms with E-state index in [1.54, 1.807) is 24.3 Å². The van der Waals surface area contributed by atoms with Crippen molar-refractivity contribution in [2.75, 3.05) is 6.61 Å². The number of carbonyl (C=O) groups is 1. The number of hydrogen-bond acceptors (Lipinski definition) is 5. The molecule has 0 bridgehead atoms. The van der Waals surface area contributed by atoms with Gasteiger partial charge in [-0.15, -0.1) is 0 Å². The molecule has 0 spiro atoms. The minimum Gasteiger partial charge on any atom is -0.494 e. The predicted molar refractivity (Wildman–Crippen MR) is 63.5 cm³/mol. The third-order valence-corrected chi connectivity index (χ3v) is 2.66. The lowest BCUT2D eigenvalue weighted by Gasteiger charge is -2.03. The molecule has 2 rings (SSSR count). The van der Waals surface area contributed by atoms with Gasteiger partial charge in [-0.2, -0.15) is 8.75 Å². The molecule has 2 aromatic rings. The molecule has 0 unspecified atom stereocenters. The second kappa shape index (κ2) is 4.92. The minimum absolute atomic E-state index is 0.0147. The minimum atomic E-state index is -1.07. The standard InChI is InChI=1S/C11H10N2O3S/c1-2-16-8-5-3-7(4-6-8)9-10(11(14)15)13-17-12-9/h3-6H,2H2,1H3,(H,14,15). The summed E-state index contributed by atoms with van der Waals surface area (Å²) in [6.07, 6.45) is 0. The molecule has 17 heavy (non-hydrogen) atoms. The van der Waals surface area contributed by atoms with E-state index >= 15 is 0 Å². The van der Waals surface area contributed by atoms with Gasteiger partial charge in [0.2, 0.25) is 0 Å². The van der Waals surface area contributed by atoms with Crippen LogP contribution in [0.25, 0.3) is 11.3 Å². The van der Waals surface area contributed by atoms with Gasteiger partial charge < -0.3 is 9.84 Å². The van der Waals surface area contributed by atoms with Gasteiger partial charge in [0, 0.05) is 5.56 Å². The van der Waals surface area contributed by atoms with Crippen LogP contribution < -0.4 is 4.74 Å². The van der Waals surface area contributed by atoms with Crippen molar-refractivity contribution in [2.24, 2.45) is 0 Å². The Bertz CT molecular complexity index is 522. The summed E-state index contributed by atoms with van der Waals surface area (Å²) in [7, 11) is 0. The van der Waals surface area contributed by atoms with Gasteiger partial charge in [0.1, 0.15) is 11.4 Å². The quantitative estimate of drug-likeness (QED) is 0.901. The largest absolute Gasteiger partial charge is 0.494 e. The molecule has 0 saturated heterocycles. The number of hydrogen-bond donors (Lipinski definition) is 1. The molecule has 0 aliphatic heterocycles. The molecule has 88 valence electrons. The SMILES string of the molecule is CCOc1ccc(-c2nsnc2C(=O)O)cc1. The van der Waals surface area contributed by atoms with Crippen LogP contribution in [-0.2, 0) is 0 Å². The van der Waals surface area contributed by atoms with Crippen molar-refractivity contribution in [3.05, 3.63) is 30.0 Å². The van der Waals surface area contributed by atoms with Gasteiger partial charge in [0.25, 0.3) is 0 Å². The second-order valence-electron chi connectivity index (χ2n) is 3.22. The highest BCUT2D eigenvalue weighted by atomic mass is 32.1. The van der Waals surface area contributed by atoms with Crippen molar-refractivity contribution in [3.63, 3.8) is 0 Å². The Labute approximate surface area is 102 Å². The fourth-order valence-electron chi connectivity index (χ4n) is 1.39. The summed E-state index contributed by atoms with van der Waals surface area (Å²) in [5.74, 6) is -0.320. The van der Waals surface area contributed by atoms with Crippen LogP contribution in [0.5, 0.6) is 5.75 Å². The fraction of sp³-hybridized carbons (Fsp3) is 0.182. The van der Waals surface area contributed by atoms with Crippen LogP contribution in [0.3, 0.4) is 0 Å². The van der Waals surface area contributed by atoms with E-state index < -0.39 is 5.97 Å². The van der Waals surface area contributed by atoms with Crippen LogP contribution in [-0.4, -0.2) is 26.4 Å². The third kappa shape index (κ3) is 2.42. The summed E-state index contributed by atoms with van der Waals surface area (Å²) in [5, 5.41) is 8.93. The first-order valence-corrected chi connectivity index (χ1v) is 5.74. The number of nitrogens with zero attached hydrogens (tertiary/aromatic N) is 2. The lowest BCUT2D eigenvalue weighted by Crippen LogP contribution is -1.99. The average Bonchev–Trinajstić information content (AvgIpc) is 2.79. The number of carboxylic acids is 1. The van der Waals surface area contributed by atoms with E-state index in [1.807, 2.05) is 6.92 Å². The van der Waals surface area contributed by atoms with E-state index in [9.17, 15) is 4.79 Å². The van der Waals surface area contributed by atoms with Gasteiger partial charge >= 0.3 is 5.97 Å². The van der Waals surface area contributed by atoms with Crippen LogP contribution in [0.2, 0.25) is 0 Å². The van der Waals surface area contributed by atoms with Gasteiger partial charge in [-0.1, -0.05) is 0 Å². The molecule has 1 aromatic heterocycles. The summed E-state index contributed by atoms with van der Waals surface area (Å²) in [4.78, 5) is 10.9. The number of benzene rings is 1. The molecule has 0 amide bonds. The fourth-order valence-corrected chi connectivity index (χ4v) is 1.95. The molecule has 0 aliphatic rings. The molecule has 0 radical (unpaired) electrons. The Morgan fingerprint density at radius 1 is 1.35 bits per heavy atom. The monoisotopic (exact) mass is 250 g/mol. The summed E-state index contributed by atoms with van der Waals surface area (Å²) < 4.78 is 13.0.